The number of phenols is 2. The molecule has 0 amide bonds. The number of ether oxygens (including phenoxy) is 1. The van der Waals surface area contributed by atoms with Gasteiger partial charge in [0.1, 0.15) is 6.10 Å². The van der Waals surface area contributed by atoms with Crippen LogP contribution >= 0.6 is 0 Å². The zero-order valence-corrected chi connectivity index (χ0v) is 11.6. The molecule has 0 saturated heterocycles. The molecule has 0 saturated carbocycles. The minimum Gasteiger partial charge on any atom is -0.504 e. The van der Waals surface area contributed by atoms with Crippen LogP contribution in [0.4, 0.5) is 0 Å². The van der Waals surface area contributed by atoms with Crippen LogP contribution in [0.3, 0.4) is 0 Å². The zero-order chi connectivity index (χ0) is 14.7. The second-order valence-corrected chi connectivity index (χ2v) is 5.05. The summed E-state index contributed by atoms with van der Waals surface area (Å²) in [6, 6.07) is 12.9. The topological polar surface area (TPSA) is 62.1 Å². The highest BCUT2D eigenvalue weighted by Gasteiger charge is 2.19. The van der Waals surface area contributed by atoms with Gasteiger partial charge in [-0.3, -0.25) is 4.99 Å². The SMILES string of the molecule is Oc1ccc(C=NCC2OCCc3ccccc32)cc1O. The number of fused-ring (bicyclic) bond motifs is 1. The molecular weight excluding hydrogens is 266 g/mol. The van der Waals surface area contributed by atoms with Gasteiger partial charge < -0.3 is 14.9 Å². The molecule has 0 spiro atoms. The largest absolute Gasteiger partial charge is 0.504 e. The summed E-state index contributed by atoms with van der Waals surface area (Å²) in [6.07, 6.45) is 2.61. The summed E-state index contributed by atoms with van der Waals surface area (Å²) in [4.78, 5) is 4.39. The first-order valence-electron chi connectivity index (χ1n) is 6.95. The van der Waals surface area contributed by atoms with Crippen LogP contribution < -0.4 is 0 Å². The van der Waals surface area contributed by atoms with Crippen LogP contribution in [0.25, 0.3) is 0 Å². The Morgan fingerprint density at radius 3 is 2.86 bits per heavy atom. The molecule has 1 aliphatic rings. The molecule has 4 nitrogen and oxygen atoms in total. The van der Waals surface area contributed by atoms with E-state index in [0.717, 1.165) is 18.6 Å². The molecule has 2 aromatic rings. The summed E-state index contributed by atoms with van der Waals surface area (Å²) >= 11 is 0. The van der Waals surface area contributed by atoms with Crippen molar-refractivity contribution in [2.45, 2.75) is 12.5 Å². The van der Waals surface area contributed by atoms with Crippen molar-refractivity contribution >= 4 is 6.21 Å². The van der Waals surface area contributed by atoms with Gasteiger partial charge in [-0.2, -0.15) is 0 Å². The lowest BCUT2D eigenvalue weighted by Crippen LogP contribution is -2.18. The number of hydrogen-bond donors (Lipinski definition) is 2. The highest BCUT2D eigenvalue weighted by atomic mass is 16.5. The highest BCUT2D eigenvalue weighted by Crippen LogP contribution is 2.27. The van der Waals surface area contributed by atoms with Crippen molar-refractivity contribution in [1.82, 2.24) is 0 Å². The van der Waals surface area contributed by atoms with Gasteiger partial charge in [0.25, 0.3) is 0 Å². The third-order valence-electron chi connectivity index (χ3n) is 3.60. The predicted octanol–water partition coefficient (Wildman–Crippen LogP) is 2.83. The molecule has 0 radical (unpaired) electrons. The molecule has 1 heterocycles. The monoisotopic (exact) mass is 283 g/mol. The van der Waals surface area contributed by atoms with Crippen LogP contribution in [0.1, 0.15) is 22.8 Å². The van der Waals surface area contributed by atoms with Crippen LogP contribution in [0.5, 0.6) is 11.5 Å². The molecule has 0 fully saturated rings. The maximum Gasteiger partial charge on any atom is 0.158 e. The molecule has 1 atom stereocenters. The van der Waals surface area contributed by atoms with Gasteiger partial charge in [-0.25, -0.2) is 0 Å². The van der Waals surface area contributed by atoms with Crippen molar-refractivity contribution in [1.29, 1.82) is 0 Å². The Bertz CT molecular complexity index is 667. The minimum absolute atomic E-state index is 0.0167. The van der Waals surface area contributed by atoms with Gasteiger partial charge in [0.05, 0.1) is 13.2 Å². The average molecular weight is 283 g/mol. The van der Waals surface area contributed by atoms with Crippen molar-refractivity contribution in [3.8, 4) is 11.5 Å². The first-order chi connectivity index (χ1) is 10.2. The lowest BCUT2D eigenvalue weighted by atomic mass is 9.98. The van der Waals surface area contributed by atoms with Gasteiger partial charge in [-0.1, -0.05) is 24.3 Å². The van der Waals surface area contributed by atoms with E-state index in [1.165, 1.54) is 23.3 Å². The van der Waals surface area contributed by atoms with E-state index >= 15 is 0 Å². The minimum atomic E-state index is -0.141. The Morgan fingerprint density at radius 2 is 2.00 bits per heavy atom. The van der Waals surface area contributed by atoms with E-state index in [0.29, 0.717) is 6.54 Å². The van der Waals surface area contributed by atoms with E-state index < -0.39 is 0 Å². The fourth-order valence-corrected chi connectivity index (χ4v) is 2.50. The molecule has 2 aromatic carbocycles. The van der Waals surface area contributed by atoms with Crippen LogP contribution in [0.2, 0.25) is 0 Å². The third kappa shape index (κ3) is 3.06. The van der Waals surface area contributed by atoms with Crippen molar-refractivity contribution in [2.24, 2.45) is 4.99 Å². The lowest BCUT2D eigenvalue weighted by molar-refractivity contribution is 0.0489. The summed E-state index contributed by atoms with van der Waals surface area (Å²) in [6.45, 7) is 1.26. The van der Waals surface area contributed by atoms with E-state index in [1.807, 2.05) is 12.1 Å². The quantitative estimate of drug-likeness (QED) is 0.672. The summed E-state index contributed by atoms with van der Waals surface area (Å²) in [5.41, 5.74) is 3.27. The predicted molar refractivity (Wildman–Crippen MR) is 81.1 cm³/mol. The molecule has 21 heavy (non-hydrogen) atoms. The van der Waals surface area contributed by atoms with Crippen LogP contribution in [-0.4, -0.2) is 29.6 Å². The Hall–Kier alpha value is -2.33. The molecule has 108 valence electrons. The Kier molecular flexibility index (Phi) is 3.88. The molecular formula is C17H17NO3. The number of aromatic hydroxyl groups is 2. The van der Waals surface area contributed by atoms with Crippen molar-refractivity contribution in [3.63, 3.8) is 0 Å². The van der Waals surface area contributed by atoms with E-state index in [2.05, 4.69) is 17.1 Å². The second-order valence-electron chi connectivity index (χ2n) is 5.05. The van der Waals surface area contributed by atoms with Crippen LogP contribution in [0, 0.1) is 0 Å². The van der Waals surface area contributed by atoms with E-state index in [9.17, 15) is 10.2 Å². The lowest BCUT2D eigenvalue weighted by Gasteiger charge is -2.24. The zero-order valence-electron chi connectivity index (χ0n) is 11.6. The Morgan fingerprint density at radius 1 is 1.14 bits per heavy atom. The van der Waals surface area contributed by atoms with Crippen molar-refractivity contribution < 1.29 is 14.9 Å². The molecule has 0 aromatic heterocycles. The first kappa shape index (κ1) is 13.6. The van der Waals surface area contributed by atoms with Crippen molar-refractivity contribution in [3.05, 3.63) is 59.2 Å². The first-order valence-corrected chi connectivity index (χ1v) is 6.95. The number of benzene rings is 2. The van der Waals surface area contributed by atoms with E-state index in [1.54, 1.807) is 12.3 Å². The summed E-state index contributed by atoms with van der Waals surface area (Å²) in [5.74, 6) is -0.269. The molecule has 0 aliphatic carbocycles. The Balaban J connectivity index is 1.70. The fourth-order valence-electron chi connectivity index (χ4n) is 2.50. The number of aliphatic imine (C=N–C) groups is 1. The maximum absolute atomic E-state index is 9.44. The number of nitrogens with zero attached hydrogens (tertiary/aromatic N) is 1. The van der Waals surface area contributed by atoms with E-state index in [4.69, 9.17) is 4.74 Å². The highest BCUT2D eigenvalue weighted by molar-refractivity contribution is 5.80. The molecule has 4 heteroatoms. The van der Waals surface area contributed by atoms with Gasteiger partial charge in [0, 0.05) is 6.21 Å². The molecule has 2 N–H and O–H groups in total. The average Bonchev–Trinajstić information content (AvgIpc) is 2.51. The summed E-state index contributed by atoms with van der Waals surface area (Å²) in [7, 11) is 0. The second kappa shape index (κ2) is 5.97. The molecule has 1 aliphatic heterocycles. The maximum atomic E-state index is 9.44. The standard InChI is InChI=1S/C17H17NO3/c19-15-6-5-12(9-16(15)20)10-18-11-17-14-4-2-1-3-13(14)7-8-21-17/h1-6,9-10,17,19-20H,7-8,11H2. The molecule has 0 bridgehead atoms. The van der Waals surface area contributed by atoms with Gasteiger partial charge in [-0.05, 0) is 41.3 Å². The summed E-state index contributed by atoms with van der Waals surface area (Å²) < 4.78 is 5.78. The van der Waals surface area contributed by atoms with Crippen LogP contribution in [0.15, 0.2) is 47.5 Å². The Labute approximate surface area is 123 Å². The molecule has 3 rings (SSSR count). The van der Waals surface area contributed by atoms with Gasteiger partial charge in [-0.15, -0.1) is 0 Å². The fraction of sp³-hybridized carbons (Fsp3) is 0.235. The van der Waals surface area contributed by atoms with E-state index in [-0.39, 0.29) is 17.6 Å². The number of rotatable bonds is 3. The van der Waals surface area contributed by atoms with Gasteiger partial charge >= 0.3 is 0 Å². The smallest absolute Gasteiger partial charge is 0.158 e. The van der Waals surface area contributed by atoms with Crippen LogP contribution in [-0.2, 0) is 11.2 Å². The van der Waals surface area contributed by atoms with Gasteiger partial charge in [0.2, 0.25) is 0 Å². The van der Waals surface area contributed by atoms with Crippen molar-refractivity contribution in [2.75, 3.05) is 13.2 Å². The van der Waals surface area contributed by atoms with Gasteiger partial charge in [0.15, 0.2) is 11.5 Å². The number of phenolic OH excluding ortho intramolecular Hbond substituents is 2. The summed E-state index contributed by atoms with van der Waals surface area (Å²) in [5, 5.41) is 18.7. The molecule has 1 unspecified atom stereocenters. The normalized spacial score (nSPS) is 17.8. The third-order valence-corrected chi connectivity index (χ3v) is 3.60. The number of hydrogen-bond acceptors (Lipinski definition) is 4.